The Morgan fingerprint density at radius 1 is 1.02 bits per heavy atom. The van der Waals surface area contributed by atoms with Crippen molar-refractivity contribution in [3.8, 4) is 11.5 Å². The molecule has 0 spiro atoms. The highest BCUT2D eigenvalue weighted by molar-refractivity contribution is 7.92. The summed E-state index contributed by atoms with van der Waals surface area (Å²) in [6.45, 7) is 8.93. The predicted octanol–water partition coefficient (Wildman–Crippen LogP) is 5.80. The van der Waals surface area contributed by atoms with Gasteiger partial charge in [-0.05, 0) is 112 Å². The van der Waals surface area contributed by atoms with Gasteiger partial charge in [-0.2, -0.15) is 0 Å². The van der Waals surface area contributed by atoms with Crippen LogP contribution in [0.3, 0.4) is 0 Å². The second-order valence-electron chi connectivity index (χ2n) is 13.1. The number of fused-ring (bicyclic) bond motifs is 1. The summed E-state index contributed by atoms with van der Waals surface area (Å²) in [4.78, 5) is 45.9. The van der Waals surface area contributed by atoms with E-state index < -0.39 is 50.9 Å². The molecule has 1 unspecified atom stereocenters. The number of methoxy groups -OCH3 is 1. The van der Waals surface area contributed by atoms with Crippen LogP contribution in [-0.2, 0) is 24.2 Å². The van der Waals surface area contributed by atoms with Crippen LogP contribution < -0.4 is 20.5 Å². The van der Waals surface area contributed by atoms with Crippen molar-refractivity contribution in [1.82, 2.24) is 9.88 Å². The fourth-order valence-corrected chi connectivity index (χ4v) is 7.73. The Hall–Kier alpha value is -5.37. The van der Waals surface area contributed by atoms with E-state index in [4.69, 9.17) is 19.9 Å². The fourth-order valence-electron chi connectivity index (χ4n) is 6.46. The second-order valence-corrected chi connectivity index (χ2v) is 15.5. The summed E-state index contributed by atoms with van der Waals surface area (Å²) in [7, 11) is -2.82. The van der Waals surface area contributed by atoms with E-state index in [1.165, 1.54) is 44.1 Å². The lowest BCUT2D eigenvalue weighted by Gasteiger charge is -2.33. The number of carboxylic acids is 1. The first-order valence-corrected chi connectivity index (χ1v) is 18.6. The third-order valence-electron chi connectivity index (χ3n) is 8.99. The number of carboxylic acid groups (broad SMARTS) is 1. The average molecular weight is 733 g/mol. The van der Waals surface area contributed by atoms with E-state index in [-0.39, 0.29) is 35.1 Å². The summed E-state index contributed by atoms with van der Waals surface area (Å²) in [5.74, 6) is -2.43. The van der Waals surface area contributed by atoms with Crippen LogP contribution in [0.4, 0.5) is 11.5 Å². The molecule has 1 amide bonds. The molecule has 0 radical (unpaired) electrons. The summed E-state index contributed by atoms with van der Waals surface area (Å²) >= 11 is 0. The van der Waals surface area contributed by atoms with E-state index in [9.17, 15) is 23.1 Å². The van der Waals surface area contributed by atoms with Gasteiger partial charge in [0.1, 0.15) is 11.9 Å². The average Bonchev–Trinajstić information content (AvgIpc) is 3.56. The molecule has 1 fully saturated rings. The molecular weight excluding hydrogens is 689 g/mol. The van der Waals surface area contributed by atoms with Crippen LogP contribution in [0.2, 0.25) is 0 Å². The van der Waals surface area contributed by atoms with Gasteiger partial charge in [-0.3, -0.25) is 9.59 Å². The van der Waals surface area contributed by atoms with Gasteiger partial charge in [-0.15, -0.1) is 0 Å². The van der Waals surface area contributed by atoms with Crippen molar-refractivity contribution in [3.05, 3.63) is 83.6 Å². The first kappa shape index (κ1) is 37.9. The number of nitrogens with one attached hydrogen (secondary N) is 1. The van der Waals surface area contributed by atoms with E-state index >= 15 is 4.79 Å². The van der Waals surface area contributed by atoms with Crippen molar-refractivity contribution < 1.29 is 42.1 Å². The molecule has 1 aliphatic heterocycles. The van der Waals surface area contributed by atoms with Gasteiger partial charge in [-0.25, -0.2) is 18.2 Å². The Bertz CT molecular complexity index is 2100. The number of anilines is 2. The van der Waals surface area contributed by atoms with Gasteiger partial charge in [0.05, 0.1) is 47.5 Å². The number of hydrogen-bond donors (Lipinski definition) is 3. The lowest BCUT2D eigenvalue weighted by Crippen LogP contribution is -2.40. The molecule has 14 heteroatoms. The zero-order valence-electron chi connectivity index (χ0n) is 30.0. The Labute approximate surface area is 303 Å². The highest BCUT2D eigenvalue weighted by Crippen LogP contribution is 2.44. The van der Waals surface area contributed by atoms with Gasteiger partial charge in [0.2, 0.25) is 5.91 Å². The molecular formula is C38H44N4O9S. The number of carbonyl (C=O) groups is 3. The Balaban J connectivity index is 1.69. The van der Waals surface area contributed by atoms with Crippen molar-refractivity contribution in [2.45, 2.75) is 69.4 Å². The quantitative estimate of drug-likeness (QED) is 0.141. The largest absolute Gasteiger partial charge is 0.490 e. The normalized spacial score (nSPS) is 16.6. The third kappa shape index (κ3) is 7.61. The molecule has 1 aromatic heterocycles. The minimum atomic E-state index is -4.01. The number of nitrogen functional groups attached to an aromatic ring is 1. The number of hydrogen-bond acceptors (Lipinski definition) is 11. The van der Waals surface area contributed by atoms with Gasteiger partial charge in [0.15, 0.2) is 21.3 Å². The molecule has 0 saturated carbocycles. The molecule has 2 heterocycles. The van der Waals surface area contributed by atoms with E-state index in [0.717, 1.165) is 10.8 Å². The molecule has 276 valence electrons. The number of nitrogens with zero attached hydrogens (tertiary/aromatic N) is 2. The van der Waals surface area contributed by atoms with Crippen LogP contribution >= 0.6 is 0 Å². The molecule has 4 aromatic rings. The lowest BCUT2D eigenvalue weighted by atomic mass is 9.92. The summed E-state index contributed by atoms with van der Waals surface area (Å²) in [6.07, 6.45) is 1.46. The molecule has 1 saturated heterocycles. The van der Waals surface area contributed by atoms with Gasteiger partial charge in [0.25, 0.3) is 0 Å². The number of rotatable bonds is 13. The maximum Gasteiger partial charge on any atom is 0.337 e. The molecule has 0 bridgehead atoms. The molecule has 1 aliphatic rings. The highest BCUT2D eigenvalue weighted by atomic mass is 32.2. The van der Waals surface area contributed by atoms with E-state index in [1.54, 1.807) is 42.6 Å². The predicted molar refractivity (Wildman–Crippen MR) is 196 cm³/mol. The van der Waals surface area contributed by atoms with Gasteiger partial charge in [-0.1, -0.05) is 6.07 Å². The molecule has 3 aromatic carbocycles. The van der Waals surface area contributed by atoms with Crippen LogP contribution in [0.15, 0.2) is 71.8 Å². The summed E-state index contributed by atoms with van der Waals surface area (Å²) in [5, 5.41) is 14.4. The van der Waals surface area contributed by atoms with Crippen molar-refractivity contribution >= 4 is 50.0 Å². The van der Waals surface area contributed by atoms with Crippen LogP contribution in [-0.4, -0.2) is 72.9 Å². The maximum absolute atomic E-state index is 15.0. The zero-order valence-corrected chi connectivity index (χ0v) is 30.8. The number of esters is 1. The molecule has 52 heavy (non-hydrogen) atoms. The van der Waals surface area contributed by atoms with Crippen molar-refractivity contribution in [2.24, 2.45) is 5.92 Å². The molecule has 4 N–H and O–H groups in total. The lowest BCUT2D eigenvalue weighted by molar-refractivity contribution is -0.143. The maximum atomic E-state index is 15.0. The first-order valence-electron chi connectivity index (χ1n) is 17.0. The van der Waals surface area contributed by atoms with Gasteiger partial charge < -0.3 is 35.3 Å². The summed E-state index contributed by atoms with van der Waals surface area (Å²) < 4.78 is 44.3. The number of aromatic nitrogens is 1. The summed E-state index contributed by atoms with van der Waals surface area (Å²) in [5.41, 5.74) is 7.17. The number of sulfone groups is 1. The standard InChI is InChI=1S/C38H44N4O9S/c1-7-50-31-20-24(8-12-30(31)51-21(2)3)33(41-26-10-11-27-23(18-26)14-16-40-35(27)39)36(43)42-17-15-28(37(44)45)34(42)29-19-25(38(46)49-6)9-13-32(29)52(47,48)22(4)5/h8-14,16,18-22,28,33-34,41H,7,15,17H2,1-6H3,(H2,39,40)(H,44,45)/t28-,33?,34+/m0/s1. The number of pyridine rings is 1. The number of nitrogens with two attached hydrogens (primary N) is 1. The summed E-state index contributed by atoms with van der Waals surface area (Å²) in [6, 6.07) is 13.9. The van der Waals surface area contributed by atoms with Crippen LogP contribution in [0.25, 0.3) is 10.8 Å². The topological polar surface area (TPSA) is 187 Å². The third-order valence-corrected chi connectivity index (χ3v) is 11.2. The monoisotopic (exact) mass is 732 g/mol. The van der Waals surface area contributed by atoms with E-state index in [1.807, 2.05) is 26.8 Å². The van der Waals surface area contributed by atoms with E-state index in [2.05, 4.69) is 10.3 Å². The molecule has 3 atom stereocenters. The van der Waals surface area contributed by atoms with Crippen molar-refractivity contribution in [1.29, 1.82) is 0 Å². The number of aliphatic carboxylic acids is 1. The number of amides is 1. The SMILES string of the molecule is CCOc1cc(C(Nc2ccc3c(N)nccc3c2)C(=O)N2CC[C@H](C(=O)O)[C@@H]2c2cc(C(=O)OC)ccc2S(=O)(=O)C(C)C)ccc1OC(C)C. The molecule has 13 nitrogen and oxygen atoms in total. The Morgan fingerprint density at radius 3 is 2.42 bits per heavy atom. The number of likely N-dealkylation sites (tertiary alicyclic amines) is 1. The Morgan fingerprint density at radius 2 is 1.77 bits per heavy atom. The Kier molecular flexibility index (Phi) is 11.3. The van der Waals surface area contributed by atoms with Crippen LogP contribution in [0, 0.1) is 5.92 Å². The van der Waals surface area contributed by atoms with Crippen molar-refractivity contribution in [2.75, 3.05) is 31.3 Å². The molecule has 5 rings (SSSR count). The number of carbonyl (C=O) groups excluding carboxylic acids is 2. The smallest absolute Gasteiger partial charge is 0.337 e. The van der Waals surface area contributed by atoms with E-state index in [0.29, 0.717) is 35.2 Å². The number of ether oxygens (including phenoxy) is 3. The first-order chi connectivity index (χ1) is 24.7. The number of benzene rings is 3. The zero-order chi connectivity index (χ0) is 37.9. The van der Waals surface area contributed by atoms with Gasteiger partial charge in [0, 0.05) is 23.8 Å². The van der Waals surface area contributed by atoms with Gasteiger partial charge >= 0.3 is 11.9 Å². The van der Waals surface area contributed by atoms with Crippen molar-refractivity contribution in [3.63, 3.8) is 0 Å². The second kappa shape index (κ2) is 15.5. The minimum absolute atomic E-state index is 0.00491. The minimum Gasteiger partial charge on any atom is -0.490 e. The molecule has 0 aliphatic carbocycles. The van der Waals surface area contributed by atoms with Crippen LogP contribution in [0.1, 0.15) is 74.6 Å². The highest BCUT2D eigenvalue weighted by Gasteiger charge is 2.46. The fraction of sp³-hybridized carbons (Fsp3) is 0.368. The van der Waals surface area contributed by atoms with Crippen LogP contribution in [0.5, 0.6) is 11.5 Å².